The van der Waals surface area contributed by atoms with E-state index in [2.05, 4.69) is 11.7 Å². The molecule has 9 heteroatoms. The first-order valence-electron chi connectivity index (χ1n) is 11.2. The van der Waals surface area contributed by atoms with Crippen LogP contribution < -0.4 is 4.74 Å². The van der Waals surface area contributed by atoms with E-state index in [0.717, 1.165) is 25.7 Å². The summed E-state index contributed by atoms with van der Waals surface area (Å²) in [5, 5.41) is 0. The molecule has 0 aliphatic carbocycles. The molecule has 182 valence electrons. The van der Waals surface area contributed by atoms with Crippen LogP contribution in [-0.4, -0.2) is 18.5 Å². The Bertz CT molecular complexity index is 711. The zero-order valence-electron chi connectivity index (χ0n) is 18.4. The van der Waals surface area contributed by atoms with Crippen LogP contribution in [0, 0.1) is 29.1 Å². The van der Waals surface area contributed by atoms with Crippen LogP contribution in [0.4, 0.5) is 22.0 Å². The molecule has 0 saturated carbocycles. The second-order valence-electron chi connectivity index (χ2n) is 7.63. The van der Waals surface area contributed by atoms with E-state index in [1.54, 1.807) is 0 Å². The van der Waals surface area contributed by atoms with Crippen LogP contribution in [0.5, 0.6) is 5.75 Å². The van der Waals surface area contributed by atoms with E-state index in [0.29, 0.717) is 0 Å². The highest BCUT2D eigenvalue weighted by Crippen LogP contribution is 2.29. The molecular formula is C23H31F5O4. The van der Waals surface area contributed by atoms with E-state index in [1.807, 2.05) is 0 Å². The number of halogens is 5. The number of benzene rings is 1. The van der Waals surface area contributed by atoms with Gasteiger partial charge in [-0.15, -0.1) is 0 Å². The van der Waals surface area contributed by atoms with E-state index in [-0.39, 0.29) is 19.4 Å². The van der Waals surface area contributed by atoms with Crippen LogP contribution in [0.15, 0.2) is 0 Å². The average Bonchev–Trinajstić information content (AvgIpc) is 2.77. The van der Waals surface area contributed by atoms with Crippen molar-refractivity contribution in [1.29, 1.82) is 0 Å². The summed E-state index contributed by atoms with van der Waals surface area (Å²) < 4.78 is 75.4. The van der Waals surface area contributed by atoms with Gasteiger partial charge in [-0.3, -0.25) is 9.59 Å². The molecule has 0 amide bonds. The number of esters is 2. The van der Waals surface area contributed by atoms with Crippen LogP contribution in [0.2, 0.25) is 0 Å². The summed E-state index contributed by atoms with van der Waals surface area (Å²) in [5.41, 5.74) is 0. The van der Waals surface area contributed by atoms with Crippen molar-refractivity contribution in [1.82, 2.24) is 0 Å². The molecule has 0 heterocycles. The minimum absolute atomic E-state index is 0.0505. The van der Waals surface area contributed by atoms with E-state index >= 15 is 0 Å². The fraction of sp³-hybridized carbons (Fsp3) is 0.652. The lowest BCUT2D eigenvalue weighted by molar-refractivity contribution is -0.144. The maximum atomic E-state index is 13.5. The van der Waals surface area contributed by atoms with E-state index in [4.69, 9.17) is 4.74 Å². The molecule has 1 rings (SSSR count). The second-order valence-corrected chi connectivity index (χ2v) is 7.63. The molecule has 0 aliphatic rings. The minimum Gasteiger partial charge on any atom is -0.466 e. The zero-order valence-corrected chi connectivity index (χ0v) is 18.4. The van der Waals surface area contributed by atoms with E-state index in [1.165, 1.54) is 38.5 Å². The Morgan fingerprint density at radius 3 is 1.56 bits per heavy atom. The number of hydrogen-bond acceptors (Lipinski definition) is 4. The smallest absolute Gasteiger partial charge is 0.311 e. The number of hydrogen-bond donors (Lipinski definition) is 0. The summed E-state index contributed by atoms with van der Waals surface area (Å²) in [6.07, 6.45) is 10.9. The molecule has 32 heavy (non-hydrogen) atoms. The molecule has 0 unspecified atom stereocenters. The molecule has 0 spiro atoms. The standard InChI is InChI=1S/C23H31F5O4/c1-2-3-4-5-6-7-8-9-10-11-15-31-16(29)13-12-14-17(30)32-23-21(27)19(25)18(24)20(26)22(23)28/h2-15H2,1H3. The normalized spacial score (nSPS) is 10.9. The van der Waals surface area contributed by atoms with Crippen molar-refractivity contribution in [2.45, 2.75) is 90.4 Å². The predicted octanol–water partition coefficient (Wildman–Crippen LogP) is 6.92. The van der Waals surface area contributed by atoms with Gasteiger partial charge in [-0.2, -0.15) is 8.78 Å². The van der Waals surface area contributed by atoms with Gasteiger partial charge in [-0.25, -0.2) is 13.2 Å². The van der Waals surface area contributed by atoms with Crippen molar-refractivity contribution in [3.63, 3.8) is 0 Å². The van der Waals surface area contributed by atoms with Gasteiger partial charge >= 0.3 is 11.9 Å². The summed E-state index contributed by atoms with van der Waals surface area (Å²) in [6, 6.07) is 0. The van der Waals surface area contributed by atoms with E-state index in [9.17, 15) is 31.5 Å². The lowest BCUT2D eigenvalue weighted by atomic mass is 10.1. The van der Waals surface area contributed by atoms with Crippen molar-refractivity contribution in [3.8, 4) is 5.75 Å². The highest BCUT2D eigenvalue weighted by Gasteiger charge is 2.28. The number of carbonyl (C=O) groups is 2. The second kappa shape index (κ2) is 15.6. The molecule has 0 fully saturated rings. The van der Waals surface area contributed by atoms with Gasteiger partial charge in [0.2, 0.25) is 34.8 Å². The van der Waals surface area contributed by atoms with Crippen LogP contribution in [0.1, 0.15) is 90.4 Å². The molecule has 0 aliphatic heterocycles. The Balaban J connectivity index is 2.14. The molecule has 0 N–H and O–H groups in total. The molecule has 0 atom stereocenters. The van der Waals surface area contributed by atoms with Gasteiger partial charge in [0.25, 0.3) is 0 Å². The largest absolute Gasteiger partial charge is 0.466 e. The van der Waals surface area contributed by atoms with Crippen molar-refractivity contribution in [2.24, 2.45) is 0 Å². The van der Waals surface area contributed by atoms with Gasteiger partial charge in [-0.1, -0.05) is 64.7 Å². The fourth-order valence-corrected chi connectivity index (χ4v) is 3.06. The van der Waals surface area contributed by atoms with Gasteiger partial charge in [0.1, 0.15) is 0 Å². The summed E-state index contributed by atoms with van der Waals surface area (Å²) in [6.45, 7) is 2.46. The Hall–Kier alpha value is -2.19. The lowest BCUT2D eigenvalue weighted by Gasteiger charge is -2.09. The maximum Gasteiger partial charge on any atom is 0.311 e. The molecule has 0 bridgehead atoms. The van der Waals surface area contributed by atoms with Gasteiger partial charge < -0.3 is 9.47 Å². The Morgan fingerprint density at radius 2 is 1.03 bits per heavy atom. The van der Waals surface area contributed by atoms with Crippen LogP contribution >= 0.6 is 0 Å². The summed E-state index contributed by atoms with van der Waals surface area (Å²) in [7, 11) is 0. The third-order valence-corrected chi connectivity index (χ3v) is 4.91. The topological polar surface area (TPSA) is 52.6 Å². The van der Waals surface area contributed by atoms with Gasteiger partial charge in [-0.05, 0) is 12.8 Å². The Morgan fingerprint density at radius 1 is 0.594 bits per heavy atom. The first-order chi connectivity index (χ1) is 15.3. The van der Waals surface area contributed by atoms with Gasteiger partial charge in [0.15, 0.2) is 0 Å². The fourth-order valence-electron chi connectivity index (χ4n) is 3.06. The van der Waals surface area contributed by atoms with Gasteiger partial charge in [0, 0.05) is 12.8 Å². The SMILES string of the molecule is CCCCCCCCCCCCOC(=O)CCCC(=O)Oc1c(F)c(F)c(F)c(F)c1F. The highest BCUT2D eigenvalue weighted by atomic mass is 19.2. The monoisotopic (exact) mass is 466 g/mol. The molecule has 4 nitrogen and oxygen atoms in total. The molecule has 0 saturated heterocycles. The third kappa shape index (κ3) is 9.96. The average molecular weight is 466 g/mol. The van der Waals surface area contributed by atoms with Gasteiger partial charge in [0.05, 0.1) is 6.61 Å². The highest BCUT2D eigenvalue weighted by molar-refractivity contribution is 5.74. The molecule has 1 aromatic carbocycles. The zero-order chi connectivity index (χ0) is 23.9. The van der Waals surface area contributed by atoms with Crippen molar-refractivity contribution < 1.29 is 41.0 Å². The lowest BCUT2D eigenvalue weighted by Crippen LogP contribution is -2.14. The number of ether oxygens (including phenoxy) is 2. The molecular weight excluding hydrogens is 435 g/mol. The number of carbonyl (C=O) groups excluding carboxylic acids is 2. The van der Waals surface area contributed by atoms with Crippen LogP contribution in [0.25, 0.3) is 0 Å². The first-order valence-corrected chi connectivity index (χ1v) is 11.2. The molecule has 1 aromatic rings. The van der Waals surface area contributed by atoms with Crippen LogP contribution in [0.3, 0.4) is 0 Å². The predicted molar refractivity (Wildman–Crippen MR) is 109 cm³/mol. The minimum atomic E-state index is -2.34. The molecule has 0 aromatic heterocycles. The first kappa shape index (κ1) is 27.8. The number of rotatable bonds is 16. The quantitative estimate of drug-likeness (QED) is 0.0663. The van der Waals surface area contributed by atoms with Crippen molar-refractivity contribution >= 4 is 11.9 Å². The Labute approximate surface area is 185 Å². The number of unbranched alkanes of at least 4 members (excludes halogenated alkanes) is 9. The molecule has 0 radical (unpaired) electrons. The summed E-state index contributed by atoms with van der Waals surface area (Å²) in [5.74, 6) is -14.6. The Kier molecular flexibility index (Phi) is 13.6. The van der Waals surface area contributed by atoms with Crippen LogP contribution in [-0.2, 0) is 14.3 Å². The third-order valence-electron chi connectivity index (χ3n) is 4.91. The summed E-state index contributed by atoms with van der Waals surface area (Å²) >= 11 is 0. The summed E-state index contributed by atoms with van der Waals surface area (Å²) in [4.78, 5) is 23.3. The van der Waals surface area contributed by atoms with E-state index < -0.39 is 53.2 Å². The van der Waals surface area contributed by atoms with Crippen molar-refractivity contribution in [3.05, 3.63) is 29.1 Å². The maximum absolute atomic E-state index is 13.5. The van der Waals surface area contributed by atoms with Crippen molar-refractivity contribution in [2.75, 3.05) is 6.61 Å².